The molecule has 2 fully saturated rings. The van der Waals surface area contributed by atoms with E-state index in [9.17, 15) is 0 Å². The summed E-state index contributed by atoms with van der Waals surface area (Å²) in [6, 6.07) is 10.3. The Labute approximate surface area is 151 Å². The number of rotatable bonds is 4. The molecule has 0 spiro atoms. The third kappa shape index (κ3) is 3.89. The largest absolute Gasteiger partial charge is 0.303 e. The lowest BCUT2D eigenvalue weighted by molar-refractivity contribution is 0.0548. The van der Waals surface area contributed by atoms with E-state index in [4.69, 9.17) is 0 Å². The fourth-order valence-electron chi connectivity index (χ4n) is 4.95. The molecule has 2 atom stereocenters. The monoisotopic (exact) mass is 339 g/mol. The summed E-state index contributed by atoms with van der Waals surface area (Å²) in [5.74, 6) is 1.01. The summed E-state index contributed by atoms with van der Waals surface area (Å²) < 4.78 is 15.7. The van der Waals surface area contributed by atoms with E-state index in [0.29, 0.717) is 6.42 Å². The van der Waals surface area contributed by atoms with Gasteiger partial charge in [0.25, 0.3) is 0 Å². The molecule has 1 aliphatic heterocycles. The van der Waals surface area contributed by atoms with E-state index in [1.165, 1.54) is 37.8 Å². The van der Waals surface area contributed by atoms with Gasteiger partial charge < -0.3 is 4.90 Å². The summed E-state index contributed by atoms with van der Waals surface area (Å²) in [6.45, 7) is 3.30. The maximum atomic E-state index is 15.7. The summed E-state index contributed by atoms with van der Waals surface area (Å²) in [5.41, 5.74) is 1.19. The minimum absolute atomic E-state index is 0.146. The van der Waals surface area contributed by atoms with E-state index < -0.39 is 5.67 Å². The molecule has 2 heteroatoms. The Bertz CT molecular complexity index is 629. The Hall–Kier alpha value is -1.41. The van der Waals surface area contributed by atoms with Gasteiger partial charge in [-0.3, -0.25) is 0 Å². The van der Waals surface area contributed by atoms with E-state index >= 15 is 4.39 Å². The van der Waals surface area contributed by atoms with Gasteiger partial charge in [0.1, 0.15) is 5.67 Å². The number of halogens is 1. The molecule has 0 amide bonds. The van der Waals surface area contributed by atoms with Crippen LogP contribution in [0.25, 0.3) is 5.57 Å². The zero-order valence-corrected chi connectivity index (χ0v) is 15.2. The van der Waals surface area contributed by atoms with E-state index in [2.05, 4.69) is 23.1 Å². The molecule has 134 valence electrons. The van der Waals surface area contributed by atoms with Gasteiger partial charge in [0.2, 0.25) is 0 Å². The molecule has 0 N–H and O–H groups in total. The molecule has 3 aliphatic rings. The number of piperidine rings is 1. The molecule has 2 unspecified atom stereocenters. The predicted molar refractivity (Wildman–Crippen MR) is 103 cm³/mol. The number of likely N-dealkylation sites (tertiary alicyclic amines) is 1. The average molecular weight is 339 g/mol. The molecule has 1 saturated heterocycles. The van der Waals surface area contributed by atoms with Crippen LogP contribution >= 0.6 is 0 Å². The van der Waals surface area contributed by atoms with Crippen LogP contribution in [0.2, 0.25) is 0 Å². The van der Waals surface area contributed by atoms with Crippen molar-refractivity contribution in [2.75, 3.05) is 19.6 Å². The van der Waals surface area contributed by atoms with Gasteiger partial charge >= 0.3 is 0 Å². The lowest BCUT2D eigenvalue weighted by Crippen LogP contribution is -2.46. The van der Waals surface area contributed by atoms with Gasteiger partial charge in [-0.15, -0.1) is 0 Å². The molecular weight excluding hydrogens is 309 g/mol. The quantitative estimate of drug-likeness (QED) is 0.686. The van der Waals surface area contributed by atoms with Crippen LogP contribution in [0.3, 0.4) is 0 Å². The molecular formula is C23H30FN. The summed E-state index contributed by atoms with van der Waals surface area (Å²) in [6.07, 6.45) is 14.2. The summed E-state index contributed by atoms with van der Waals surface area (Å²) in [7, 11) is 0. The SMILES string of the molecule is FC1(C2CCCN(CC3CCCC3)C2)C=CC(c2ccccc2)=CC1. The second kappa shape index (κ2) is 7.45. The van der Waals surface area contributed by atoms with Crippen LogP contribution < -0.4 is 0 Å². The molecule has 1 aromatic rings. The van der Waals surface area contributed by atoms with Crippen molar-refractivity contribution in [3.05, 3.63) is 54.1 Å². The van der Waals surface area contributed by atoms with E-state index in [0.717, 1.165) is 37.4 Å². The van der Waals surface area contributed by atoms with Crippen molar-refractivity contribution in [2.45, 2.75) is 50.6 Å². The minimum Gasteiger partial charge on any atom is -0.303 e. The first-order valence-corrected chi connectivity index (χ1v) is 10.1. The average Bonchev–Trinajstić information content (AvgIpc) is 3.16. The number of hydrogen-bond acceptors (Lipinski definition) is 1. The summed E-state index contributed by atoms with van der Waals surface area (Å²) in [5, 5.41) is 0. The fraction of sp³-hybridized carbons (Fsp3) is 0.565. The molecule has 1 saturated carbocycles. The first kappa shape index (κ1) is 17.0. The van der Waals surface area contributed by atoms with Crippen LogP contribution in [0.15, 0.2) is 48.6 Å². The van der Waals surface area contributed by atoms with Crippen molar-refractivity contribution >= 4 is 5.57 Å². The van der Waals surface area contributed by atoms with E-state index in [-0.39, 0.29) is 5.92 Å². The van der Waals surface area contributed by atoms with Crippen LogP contribution in [0, 0.1) is 11.8 Å². The smallest absolute Gasteiger partial charge is 0.136 e. The molecule has 1 heterocycles. The maximum Gasteiger partial charge on any atom is 0.136 e. The number of hydrogen-bond donors (Lipinski definition) is 0. The fourth-order valence-corrected chi connectivity index (χ4v) is 4.95. The van der Waals surface area contributed by atoms with Crippen molar-refractivity contribution in [3.63, 3.8) is 0 Å². The first-order valence-electron chi connectivity index (χ1n) is 10.1. The molecule has 1 aromatic carbocycles. The minimum atomic E-state index is -1.16. The number of benzene rings is 1. The van der Waals surface area contributed by atoms with Gasteiger partial charge in [0.05, 0.1) is 0 Å². The maximum absolute atomic E-state index is 15.7. The Balaban J connectivity index is 1.39. The molecule has 0 bridgehead atoms. The molecule has 0 aromatic heterocycles. The van der Waals surface area contributed by atoms with E-state index in [1.807, 2.05) is 30.4 Å². The second-order valence-corrected chi connectivity index (χ2v) is 8.24. The van der Waals surface area contributed by atoms with Crippen molar-refractivity contribution in [1.29, 1.82) is 0 Å². The zero-order valence-electron chi connectivity index (χ0n) is 15.2. The van der Waals surface area contributed by atoms with E-state index in [1.54, 1.807) is 0 Å². The van der Waals surface area contributed by atoms with Crippen molar-refractivity contribution in [3.8, 4) is 0 Å². The highest BCUT2D eigenvalue weighted by Gasteiger charge is 2.40. The van der Waals surface area contributed by atoms with Gasteiger partial charge in [-0.2, -0.15) is 0 Å². The van der Waals surface area contributed by atoms with Gasteiger partial charge in [-0.25, -0.2) is 4.39 Å². The molecule has 2 aliphatic carbocycles. The van der Waals surface area contributed by atoms with Crippen LogP contribution in [0.4, 0.5) is 4.39 Å². The number of alkyl halides is 1. The highest BCUT2D eigenvalue weighted by molar-refractivity contribution is 5.75. The second-order valence-electron chi connectivity index (χ2n) is 8.24. The summed E-state index contributed by atoms with van der Waals surface area (Å²) in [4.78, 5) is 2.55. The van der Waals surface area contributed by atoms with Crippen LogP contribution in [-0.2, 0) is 0 Å². The third-order valence-electron chi connectivity index (χ3n) is 6.46. The van der Waals surface area contributed by atoms with Crippen molar-refractivity contribution in [1.82, 2.24) is 4.90 Å². The van der Waals surface area contributed by atoms with Gasteiger partial charge in [0.15, 0.2) is 0 Å². The van der Waals surface area contributed by atoms with Crippen LogP contribution in [0.1, 0.15) is 50.5 Å². The van der Waals surface area contributed by atoms with Crippen LogP contribution in [-0.4, -0.2) is 30.2 Å². The predicted octanol–water partition coefficient (Wildman–Crippen LogP) is 5.64. The molecule has 4 rings (SSSR count). The Morgan fingerprint density at radius 2 is 1.84 bits per heavy atom. The van der Waals surface area contributed by atoms with Gasteiger partial charge in [-0.05, 0) is 55.4 Å². The molecule has 1 nitrogen and oxygen atoms in total. The summed E-state index contributed by atoms with van der Waals surface area (Å²) >= 11 is 0. The zero-order chi connectivity index (χ0) is 17.1. The Kier molecular flexibility index (Phi) is 5.08. The Morgan fingerprint density at radius 3 is 2.56 bits per heavy atom. The lowest BCUT2D eigenvalue weighted by atomic mass is 9.77. The highest BCUT2D eigenvalue weighted by Crippen LogP contribution is 2.39. The van der Waals surface area contributed by atoms with Crippen molar-refractivity contribution in [2.24, 2.45) is 11.8 Å². The van der Waals surface area contributed by atoms with Gasteiger partial charge in [-0.1, -0.05) is 55.3 Å². The number of nitrogens with zero attached hydrogens (tertiary/aromatic N) is 1. The van der Waals surface area contributed by atoms with Gasteiger partial charge in [0, 0.05) is 25.4 Å². The normalized spacial score (nSPS) is 31.2. The molecule has 25 heavy (non-hydrogen) atoms. The highest BCUT2D eigenvalue weighted by atomic mass is 19.1. The lowest BCUT2D eigenvalue weighted by Gasteiger charge is -2.41. The number of allylic oxidation sites excluding steroid dienone is 4. The molecule has 0 radical (unpaired) electrons. The standard InChI is InChI=1S/C23H30FN/c24-23(14-12-21(13-15-23)20-9-2-1-3-10-20)22-11-6-16-25(18-22)17-19-7-4-5-8-19/h1-3,9-10,12-14,19,22H,4-8,11,15-18H2. The Morgan fingerprint density at radius 1 is 1.04 bits per heavy atom. The topological polar surface area (TPSA) is 3.24 Å². The van der Waals surface area contributed by atoms with Crippen LogP contribution in [0.5, 0.6) is 0 Å². The third-order valence-corrected chi connectivity index (χ3v) is 6.46. The first-order chi connectivity index (χ1) is 12.2. The van der Waals surface area contributed by atoms with Crippen molar-refractivity contribution < 1.29 is 4.39 Å².